The van der Waals surface area contributed by atoms with Crippen molar-refractivity contribution in [1.82, 2.24) is 20.3 Å². The second-order valence-corrected chi connectivity index (χ2v) is 7.70. The highest BCUT2D eigenvalue weighted by molar-refractivity contribution is 5.60. The van der Waals surface area contributed by atoms with Crippen LogP contribution in [0.5, 0.6) is 5.75 Å². The molecule has 0 bridgehead atoms. The molecule has 28 heavy (non-hydrogen) atoms. The van der Waals surface area contributed by atoms with Crippen molar-refractivity contribution in [3.8, 4) is 17.0 Å². The monoisotopic (exact) mass is 376 g/mol. The van der Waals surface area contributed by atoms with Crippen LogP contribution in [0.2, 0.25) is 0 Å². The summed E-state index contributed by atoms with van der Waals surface area (Å²) in [5.74, 6) is 0.784. The van der Waals surface area contributed by atoms with E-state index >= 15 is 0 Å². The van der Waals surface area contributed by atoms with Crippen LogP contribution < -0.4 is 10.1 Å². The number of aromatic nitrogens is 3. The van der Waals surface area contributed by atoms with Gasteiger partial charge in [-0.15, -0.1) is 5.10 Å². The van der Waals surface area contributed by atoms with Gasteiger partial charge in [-0.1, -0.05) is 41.6 Å². The molecule has 1 aromatic heterocycles. The van der Waals surface area contributed by atoms with Crippen LogP contribution in [0, 0.1) is 0 Å². The first-order valence-electron chi connectivity index (χ1n) is 9.77. The van der Waals surface area contributed by atoms with Gasteiger partial charge in [0.05, 0.1) is 19.4 Å². The van der Waals surface area contributed by atoms with E-state index in [9.17, 15) is 5.11 Å². The molecule has 2 heterocycles. The Hall–Kier alpha value is -2.70. The average molecular weight is 376 g/mol. The van der Waals surface area contributed by atoms with Gasteiger partial charge in [0.25, 0.3) is 0 Å². The van der Waals surface area contributed by atoms with Gasteiger partial charge >= 0.3 is 0 Å². The Morgan fingerprint density at radius 3 is 2.79 bits per heavy atom. The molecular weight excluding hydrogens is 352 g/mol. The fourth-order valence-corrected chi connectivity index (χ4v) is 4.89. The fraction of sp³-hybridized carbons (Fsp3) is 0.364. The molecule has 2 atom stereocenters. The van der Waals surface area contributed by atoms with E-state index in [1.54, 1.807) is 7.11 Å². The van der Waals surface area contributed by atoms with Crippen molar-refractivity contribution >= 4 is 0 Å². The molecule has 1 aliphatic carbocycles. The van der Waals surface area contributed by atoms with Crippen molar-refractivity contribution in [3.05, 3.63) is 65.9 Å². The van der Waals surface area contributed by atoms with E-state index in [0.717, 1.165) is 48.5 Å². The van der Waals surface area contributed by atoms with Crippen LogP contribution in [-0.4, -0.2) is 46.4 Å². The average Bonchev–Trinajstić information content (AvgIpc) is 3.32. The summed E-state index contributed by atoms with van der Waals surface area (Å²) in [6.07, 6.45) is 3.27. The minimum Gasteiger partial charge on any atom is -0.497 e. The summed E-state index contributed by atoms with van der Waals surface area (Å²) < 4.78 is 7.15. The number of benzene rings is 2. The molecule has 1 aliphatic heterocycles. The molecule has 6 heteroatoms. The molecule has 3 aromatic rings. The van der Waals surface area contributed by atoms with Crippen molar-refractivity contribution in [2.24, 2.45) is 0 Å². The van der Waals surface area contributed by atoms with Crippen molar-refractivity contribution in [2.45, 2.75) is 30.4 Å². The Balaban J connectivity index is 1.56. The van der Waals surface area contributed by atoms with Crippen molar-refractivity contribution in [3.63, 3.8) is 0 Å². The predicted molar refractivity (Wildman–Crippen MR) is 106 cm³/mol. The number of nitrogens with one attached hydrogen (secondary N) is 1. The van der Waals surface area contributed by atoms with Gasteiger partial charge < -0.3 is 15.2 Å². The summed E-state index contributed by atoms with van der Waals surface area (Å²) in [6, 6.07) is 16.0. The zero-order chi connectivity index (χ0) is 19.1. The number of methoxy groups -OCH3 is 1. The SMILES string of the molecule is COc1cccc(-c2cn([C@H]3c4ccccc4C4(CCNCC4)[C@@H]3O)nn2)c1. The third-order valence-electron chi connectivity index (χ3n) is 6.34. The second kappa shape index (κ2) is 6.72. The summed E-state index contributed by atoms with van der Waals surface area (Å²) in [6.45, 7) is 1.84. The normalized spacial score (nSPS) is 22.9. The lowest BCUT2D eigenvalue weighted by Crippen LogP contribution is -2.47. The first-order chi connectivity index (χ1) is 13.7. The van der Waals surface area contributed by atoms with Crippen LogP contribution in [0.15, 0.2) is 54.7 Å². The van der Waals surface area contributed by atoms with E-state index in [1.807, 2.05) is 41.2 Å². The number of rotatable bonds is 3. The Bertz CT molecular complexity index is 993. The van der Waals surface area contributed by atoms with Gasteiger partial charge in [-0.2, -0.15) is 0 Å². The molecule has 0 saturated carbocycles. The molecule has 2 aromatic carbocycles. The van der Waals surface area contributed by atoms with Gasteiger partial charge in [0.1, 0.15) is 17.5 Å². The zero-order valence-corrected chi connectivity index (χ0v) is 15.9. The minimum absolute atomic E-state index is 0.214. The molecular formula is C22H24N4O2. The van der Waals surface area contributed by atoms with Crippen LogP contribution in [0.4, 0.5) is 0 Å². The number of aliphatic hydroxyl groups excluding tert-OH is 1. The smallest absolute Gasteiger partial charge is 0.119 e. The highest BCUT2D eigenvalue weighted by Crippen LogP contribution is 2.51. The zero-order valence-electron chi connectivity index (χ0n) is 15.9. The lowest BCUT2D eigenvalue weighted by molar-refractivity contribution is 0.0421. The fourth-order valence-electron chi connectivity index (χ4n) is 4.89. The van der Waals surface area contributed by atoms with Crippen LogP contribution in [-0.2, 0) is 5.41 Å². The number of piperidine rings is 1. The highest BCUT2D eigenvalue weighted by atomic mass is 16.5. The largest absolute Gasteiger partial charge is 0.497 e. The number of fused-ring (bicyclic) bond motifs is 2. The number of hydrogen-bond acceptors (Lipinski definition) is 5. The van der Waals surface area contributed by atoms with Gasteiger partial charge in [-0.3, -0.25) is 0 Å². The number of hydrogen-bond donors (Lipinski definition) is 2. The van der Waals surface area contributed by atoms with E-state index in [4.69, 9.17) is 4.74 Å². The molecule has 0 radical (unpaired) electrons. The second-order valence-electron chi connectivity index (χ2n) is 7.70. The Kier molecular flexibility index (Phi) is 4.18. The third-order valence-corrected chi connectivity index (χ3v) is 6.34. The molecule has 144 valence electrons. The quantitative estimate of drug-likeness (QED) is 0.735. The molecule has 6 nitrogen and oxygen atoms in total. The van der Waals surface area contributed by atoms with E-state index in [1.165, 1.54) is 5.56 Å². The molecule has 1 fully saturated rings. The first-order valence-corrected chi connectivity index (χ1v) is 9.77. The molecule has 1 saturated heterocycles. The van der Waals surface area contributed by atoms with Crippen molar-refractivity contribution in [1.29, 1.82) is 0 Å². The molecule has 0 unspecified atom stereocenters. The summed E-state index contributed by atoms with van der Waals surface area (Å²) in [5.41, 5.74) is 3.92. The van der Waals surface area contributed by atoms with Gasteiger partial charge in [-0.05, 0) is 49.2 Å². The maximum atomic E-state index is 11.5. The van der Waals surface area contributed by atoms with Crippen LogP contribution in [0.1, 0.15) is 30.0 Å². The molecule has 1 spiro atoms. The molecule has 2 N–H and O–H groups in total. The van der Waals surface area contributed by atoms with Gasteiger partial charge in [0.2, 0.25) is 0 Å². The van der Waals surface area contributed by atoms with E-state index in [-0.39, 0.29) is 11.5 Å². The maximum Gasteiger partial charge on any atom is 0.119 e. The van der Waals surface area contributed by atoms with Gasteiger partial charge in [0.15, 0.2) is 0 Å². The van der Waals surface area contributed by atoms with Gasteiger partial charge in [0, 0.05) is 11.0 Å². The summed E-state index contributed by atoms with van der Waals surface area (Å²) in [7, 11) is 1.65. The molecule has 0 amide bonds. The number of aliphatic hydroxyl groups is 1. The maximum absolute atomic E-state index is 11.5. The summed E-state index contributed by atoms with van der Waals surface area (Å²) in [5, 5.41) is 23.7. The van der Waals surface area contributed by atoms with Crippen molar-refractivity contribution in [2.75, 3.05) is 20.2 Å². The molecule has 2 aliphatic rings. The number of nitrogens with zero attached hydrogens (tertiary/aromatic N) is 3. The lowest BCUT2D eigenvalue weighted by atomic mass is 9.72. The standard InChI is InChI=1S/C22H24N4O2/c1-28-16-6-4-5-15(13-16)19-14-26(25-24-19)20-17-7-2-3-8-18(17)22(21(20)27)9-11-23-12-10-22/h2-8,13-14,20-21,23,27H,9-12H2,1H3/t20-,21+/m0/s1. The topological polar surface area (TPSA) is 72.2 Å². The number of ether oxygens (including phenoxy) is 1. The van der Waals surface area contributed by atoms with E-state index in [0.29, 0.717) is 0 Å². The Morgan fingerprint density at radius 1 is 1.14 bits per heavy atom. The first kappa shape index (κ1) is 17.4. The predicted octanol–water partition coefficient (Wildman–Crippen LogP) is 2.54. The lowest BCUT2D eigenvalue weighted by Gasteiger charge is -2.38. The minimum atomic E-state index is -0.521. The Labute approximate surface area is 164 Å². The molecule has 5 rings (SSSR count). The van der Waals surface area contributed by atoms with Gasteiger partial charge in [-0.25, -0.2) is 4.68 Å². The Morgan fingerprint density at radius 2 is 1.96 bits per heavy atom. The highest BCUT2D eigenvalue weighted by Gasteiger charge is 2.52. The summed E-state index contributed by atoms with van der Waals surface area (Å²) in [4.78, 5) is 0. The van der Waals surface area contributed by atoms with E-state index < -0.39 is 6.10 Å². The van der Waals surface area contributed by atoms with E-state index in [2.05, 4.69) is 33.8 Å². The van der Waals surface area contributed by atoms with Crippen LogP contribution >= 0.6 is 0 Å². The van der Waals surface area contributed by atoms with Crippen LogP contribution in [0.25, 0.3) is 11.3 Å². The van der Waals surface area contributed by atoms with Crippen molar-refractivity contribution < 1.29 is 9.84 Å². The van der Waals surface area contributed by atoms with Crippen LogP contribution in [0.3, 0.4) is 0 Å². The summed E-state index contributed by atoms with van der Waals surface area (Å²) >= 11 is 0. The third kappa shape index (κ3) is 2.56.